The SMILES string of the molecule is Cc1cc2ncn(-c3cnc(CN)cn3)c2cc1C. The van der Waals surface area contributed by atoms with Crippen LogP contribution in [0.3, 0.4) is 0 Å². The Hall–Kier alpha value is -2.27. The Labute approximate surface area is 111 Å². The summed E-state index contributed by atoms with van der Waals surface area (Å²) in [6.07, 6.45) is 5.19. The van der Waals surface area contributed by atoms with Crippen molar-refractivity contribution in [3.63, 3.8) is 0 Å². The van der Waals surface area contributed by atoms with Gasteiger partial charge in [0.25, 0.3) is 0 Å². The molecular formula is C14H15N5. The van der Waals surface area contributed by atoms with Gasteiger partial charge < -0.3 is 5.73 Å². The van der Waals surface area contributed by atoms with E-state index in [4.69, 9.17) is 5.73 Å². The fourth-order valence-electron chi connectivity index (χ4n) is 2.02. The molecule has 0 saturated carbocycles. The van der Waals surface area contributed by atoms with Crippen molar-refractivity contribution in [2.75, 3.05) is 0 Å². The number of nitrogens with zero attached hydrogens (tertiary/aromatic N) is 4. The van der Waals surface area contributed by atoms with E-state index >= 15 is 0 Å². The number of nitrogens with two attached hydrogens (primary N) is 1. The molecule has 0 aliphatic rings. The van der Waals surface area contributed by atoms with Crippen LogP contribution in [-0.4, -0.2) is 19.5 Å². The second kappa shape index (κ2) is 4.44. The summed E-state index contributed by atoms with van der Waals surface area (Å²) in [5, 5.41) is 0. The smallest absolute Gasteiger partial charge is 0.156 e. The van der Waals surface area contributed by atoms with Crippen molar-refractivity contribution in [1.82, 2.24) is 19.5 Å². The highest BCUT2D eigenvalue weighted by Crippen LogP contribution is 2.20. The number of hydrogen-bond acceptors (Lipinski definition) is 4. The molecule has 2 heterocycles. The van der Waals surface area contributed by atoms with Crippen LogP contribution in [-0.2, 0) is 6.54 Å². The minimum atomic E-state index is 0.399. The lowest BCUT2D eigenvalue weighted by Gasteiger charge is -2.05. The first kappa shape index (κ1) is 11.8. The number of rotatable bonds is 2. The van der Waals surface area contributed by atoms with Gasteiger partial charge in [-0.1, -0.05) is 0 Å². The molecule has 0 atom stereocenters. The summed E-state index contributed by atoms with van der Waals surface area (Å²) in [6.45, 7) is 4.58. The summed E-state index contributed by atoms with van der Waals surface area (Å²) >= 11 is 0. The first-order valence-electron chi connectivity index (χ1n) is 6.14. The summed E-state index contributed by atoms with van der Waals surface area (Å²) in [7, 11) is 0. The van der Waals surface area contributed by atoms with Crippen molar-refractivity contribution in [2.45, 2.75) is 20.4 Å². The molecule has 0 fully saturated rings. The van der Waals surface area contributed by atoms with E-state index < -0.39 is 0 Å². The quantitative estimate of drug-likeness (QED) is 0.757. The Bertz CT molecular complexity index is 727. The summed E-state index contributed by atoms with van der Waals surface area (Å²) in [4.78, 5) is 13.0. The lowest BCUT2D eigenvalue weighted by atomic mass is 10.1. The van der Waals surface area contributed by atoms with Gasteiger partial charge in [-0.15, -0.1) is 0 Å². The van der Waals surface area contributed by atoms with Gasteiger partial charge >= 0.3 is 0 Å². The highest BCUT2D eigenvalue weighted by Gasteiger charge is 2.07. The number of imidazole rings is 1. The zero-order chi connectivity index (χ0) is 13.4. The molecule has 5 nitrogen and oxygen atoms in total. The number of benzene rings is 1. The Kier molecular flexibility index (Phi) is 2.76. The van der Waals surface area contributed by atoms with Crippen molar-refractivity contribution in [1.29, 1.82) is 0 Å². The highest BCUT2D eigenvalue weighted by molar-refractivity contribution is 5.78. The van der Waals surface area contributed by atoms with Crippen molar-refractivity contribution < 1.29 is 0 Å². The van der Waals surface area contributed by atoms with Gasteiger partial charge in [0.15, 0.2) is 5.82 Å². The average molecular weight is 253 g/mol. The molecule has 19 heavy (non-hydrogen) atoms. The zero-order valence-corrected chi connectivity index (χ0v) is 11.0. The highest BCUT2D eigenvalue weighted by atomic mass is 15.1. The molecule has 0 bridgehead atoms. The topological polar surface area (TPSA) is 69.6 Å². The molecule has 0 saturated heterocycles. The van der Waals surface area contributed by atoms with Crippen molar-refractivity contribution >= 4 is 11.0 Å². The fraction of sp³-hybridized carbons (Fsp3) is 0.214. The first-order chi connectivity index (χ1) is 9.19. The second-order valence-electron chi connectivity index (χ2n) is 4.61. The number of aryl methyl sites for hydroxylation is 2. The van der Waals surface area contributed by atoms with Gasteiger partial charge in [-0.25, -0.2) is 9.97 Å². The van der Waals surface area contributed by atoms with Gasteiger partial charge in [-0.3, -0.25) is 9.55 Å². The van der Waals surface area contributed by atoms with Crippen LogP contribution in [0.1, 0.15) is 16.8 Å². The van der Waals surface area contributed by atoms with Crippen molar-refractivity contribution in [2.24, 2.45) is 5.73 Å². The van der Waals surface area contributed by atoms with Crippen LogP contribution >= 0.6 is 0 Å². The maximum absolute atomic E-state index is 5.52. The summed E-state index contributed by atoms with van der Waals surface area (Å²) in [6, 6.07) is 4.21. The van der Waals surface area contributed by atoms with Crippen LogP contribution in [0.25, 0.3) is 16.9 Å². The van der Waals surface area contributed by atoms with Gasteiger partial charge in [-0.2, -0.15) is 0 Å². The van der Waals surface area contributed by atoms with E-state index in [0.717, 1.165) is 22.5 Å². The number of fused-ring (bicyclic) bond motifs is 1. The lowest BCUT2D eigenvalue weighted by molar-refractivity contribution is 0.924. The number of aromatic nitrogens is 4. The van der Waals surface area contributed by atoms with E-state index in [2.05, 4.69) is 40.9 Å². The Morgan fingerprint density at radius 2 is 1.84 bits per heavy atom. The molecule has 3 aromatic rings. The Morgan fingerprint density at radius 1 is 1.05 bits per heavy atom. The van der Waals surface area contributed by atoms with E-state index in [0.29, 0.717) is 6.54 Å². The molecule has 1 aromatic carbocycles. The van der Waals surface area contributed by atoms with E-state index in [1.165, 1.54) is 11.1 Å². The Morgan fingerprint density at radius 3 is 2.53 bits per heavy atom. The maximum Gasteiger partial charge on any atom is 0.156 e. The molecule has 0 spiro atoms. The maximum atomic E-state index is 5.52. The van der Waals surface area contributed by atoms with Crippen LogP contribution in [0.15, 0.2) is 30.9 Å². The molecule has 3 rings (SSSR count). The normalized spacial score (nSPS) is 11.1. The molecule has 0 amide bonds. The van der Waals surface area contributed by atoms with Crippen molar-refractivity contribution in [3.05, 3.63) is 47.7 Å². The van der Waals surface area contributed by atoms with E-state index in [-0.39, 0.29) is 0 Å². The third-order valence-corrected chi connectivity index (χ3v) is 3.31. The molecule has 2 aromatic heterocycles. The molecule has 96 valence electrons. The van der Waals surface area contributed by atoms with Crippen LogP contribution in [0.5, 0.6) is 0 Å². The summed E-state index contributed by atoms with van der Waals surface area (Å²) in [5.41, 5.74) is 10.8. The summed E-state index contributed by atoms with van der Waals surface area (Å²) in [5.74, 6) is 0.753. The fourth-order valence-corrected chi connectivity index (χ4v) is 2.02. The minimum absolute atomic E-state index is 0.399. The molecular weight excluding hydrogens is 238 g/mol. The van der Waals surface area contributed by atoms with Crippen molar-refractivity contribution in [3.8, 4) is 5.82 Å². The van der Waals surface area contributed by atoms with E-state index in [1.807, 2.05) is 4.57 Å². The Balaban J connectivity index is 2.16. The molecule has 2 N–H and O–H groups in total. The molecule has 0 aliphatic carbocycles. The molecule has 0 radical (unpaired) electrons. The van der Waals surface area contributed by atoms with Crippen LogP contribution in [0.2, 0.25) is 0 Å². The van der Waals surface area contributed by atoms with Gasteiger partial charge in [0.1, 0.15) is 6.33 Å². The van der Waals surface area contributed by atoms with Crippen LogP contribution in [0.4, 0.5) is 0 Å². The third kappa shape index (κ3) is 1.98. The molecule has 5 heteroatoms. The summed E-state index contributed by atoms with van der Waals surface area (Å²) < 4.78 is 1.94. The van der Waals surface area contributed by atoms with E-state index in [1.54, 1.807) is 18.7 Å². The van der Waals surface area contributed by atoms with Gasteiger partial charge in [0.05, 0.1) is 29.1 Å². The number of hydrogen-bond donors (Lipinski definition) is 1. The van der Waals surface area contributed by atoms with Crippen LogP contribution < -0.4 is 5.73 Å². The predicted octanol–water partition coefficient (Wildman–Crippen LogP) is 1.89. The largest absolute Gasteiger partial charge is 0.325 e. The first-order valence-corrected chi connectivity index (χ1v) is 6.14. The average Bonchev–Trinajstić information content (AvgIpc) is 2.82. The lowest BCUT2D eigenvalue weighted by Crippen LogP contribution is -2.03. The molecule has 0 unspecified atom stereocenters. The third-order valence-electron chi connectivity index (χ3n) is 3.31. The second-order valence-corrected chi connectivity index (χ2v) is 4.61. The van der Waals surface area contributed by atoms with Gasteiger partial charge in [0.2, 0.25) is 0 Å². The van der Waals surface area contributed by atoms with Crippen LogP contribution in [0, 0.1) is 13.8 Å². The minimum Gasteiger partial charge on any atom is -0.325 e. The van der Waals surface area contributed by atoms with E-state index in [9.17, 15) is 0 Å². The monoisotopic (exact) mass is 253 g/mol. The standard InChI is InChI=1S/C14H15N5/c1-9-3-12-13(4-10(9)2)19(8-18-12)14-7-16-11(5-15)6-17-14/h3-4,6-8H,5,15H2,1-2H3. The zero-order valence-electron chi connectivity index (χ0n) is 11.0. The molecule has 0 aliphatic heterocycles. The predicted molar refractivity (Wildman–Crippen MR) is 74.0 cm³/mol. The van der Waals surface area contributed by atoms with Gasteiger partial charge in [-0.05, 0) is 37.1 Å². The van der Waals surface area contributed by atoms with Gasteiger partial charge in [0, 0.05) is 6.54 Å².